The zero-order chi connectivity index (χ0) is 16.8. The van der Waals surface area contributed by atoms with Crippen LogP contribution in [0.1, 0.15) is 37.7 Å². The third kappa shape index (κ3) is 4.49. The molecule has 2 amide bonds. The number of nitrogens with zero attached hydrogens (tertiary/aromatic N) is 1. The summed E-state index contributed by atoms with van der Waals surface area (Å²) in [5.41, 5.74) is 1.34. The van der Waals surface area contributed by atoms with E-state index in [0.717, 1.165) is 12.8 Å². The van der Waals surface area contributed by atoms with Gasteiger partial charge in [-0.1, -0.05) is 36.8 Å². The van der Waals surface area contributed by atoms with Crippen molar-refractivity contribution in [3.8, 4) is 0 Å². The van der Waals surface area contributed by atoms with Gasteiger partial charge in [-0.15, -0.1) is 0 Å². The van der Waals surface area contributed by atoms with Gasteiger partial charge < -0.3 is 15.0 Å². The molecule has 3 rings (SSSR count). The van der Waals surface area contributed by atoms with Gasteiger partial charge in [-0.25, -0.2) is 4.79 Å². The van der Waals surface area contributed by atoms with Crippen LogP contribution in [-0.2, 0) is 16.0 Å². The van der Waals surface area contributed by atoms with Crippen molar-refractivity contribution in [2.45, 2.75) is 44.6 Å². The molecule has 2 atom stereocenters. The van der Waals surface area contributed by atoms with Crippen LogP contribution in [-0.4, -0.2) is 42.6 Å². The average Bonchev–Trinajstić information content (AvgIpc) is 3.18. The van der Waals surface area contributed by atoms with Gasteiger partial charge in [0.1, 0.15) is 6.61 Å². The highest BCUT2D eigenvalue weighted by atomic mass is 16.6. The maximum atomic E-state index is 12.2. The Kier molecular flexibility index (Phi) is 5.72. The third-order valence-corrected chi connectivity index (χ3v) is 5.02. The lowest BCUT2D eigenvalue weighted by Crippen LogP contribution is -2.38. The fourth-order valence-electron chi connectivity index (χ4n) is 3.73. The van der Waals surface area contributed by atoms with Crippen LogP contribution < -0.4 is 5.32 Å². The lowest BCUT2D eigenvalue weighted by molar-refractivity contribution is -0.122. The number of ether oxygens (including phenoxy) is 1. The van der Waals surface area contributed by atoms with Crippen LogP contribution in [0.5, 0.6) is 0 Å². The van der Waals surface area contributed by atoms with Crippen LogP contribution in [0.25, 0.3) is 0 Å². The number of rotatable bonds is 7. The molecule has 1 saturated heterocycles. The molecule has 1 N–H and O–H groups in total. The molecule has 130 valence electrons. The minimum atomic E-state index is -0.255. The molecule has 1 aliphatic carbocycles. The molecule has 1 aromatic carbocycles. The highest BCUT2D eigenvalue weighted by Gasteiger charge is 2.28. The molecule has 5 heteroatoms. The summed E-state index contributed by atoms with van der Waals surface area (Å²) >= 11 is 0. The van der Waals surface area contributed by atoms with Gasteiger partial charge in [0.2, 0.25) is 5.91 Å². The van der Waals surface area contributed by atoms with Crippen molar-refractivity contribution in [1.82, 2.24) is 10.2 Å². The van der Waals surface area contributed by atoms with Gasteiger partial charge in [-0.3, -0.25) is 4.79 Å². The Balaban J connectivity index is 1.40. The van der Waals surface area contributed by atoms with E-state index in [1.807, 2.05) is 6.07 Å². The van der Waals surface area contributed by atoms with E-state index in [0.29, 0.717) is 38.5 Å². The Bertz CT molecular complexity index is 561. The summed E-state index contributed by atoms with van der Waals surface area (Å²) in [7, 11) is 0. The standard InChI is InChI=1S/C19H26N2O3/c22-18(10-5-11-21-12-13-24-19(21)23)20-17-9-4-8-16(17)14-15-6-2-1-3-7-15/h1-3,6-7,16-17H,4-5,8-14H2,(H,20,22)/t16-,17-/m0/s1. The molecule has 0 spiro atoms. The number of hydrogen-bond acceptors (Lipinski definition) is 3. The fourth-order valence-corrected chi connectivity index (χ4v) is 3.73. The molecule has 0 unspecified atom stereocenters. The second-order valence-electron chi connectivity index (χ2n) is 6.76. The maximum absolute atomic E-state index is 12.2. The molecule has 2 fully saturated rings. The van der Waals surface area contributed by atoms with Gasteiger partial charge in [0.05, 0.1) is 6.54 Å². The lowest BCUT2D eigenvalue weighted by Gasteiger charge is -2.21. The monoisotopic (exact) mass is 330 g/mol. The number of hydrogen-bond donors (Lipinski definition) is 1. The number of carbonyl (C=O) groups excluding carboxylic acids is 2. The van der Waals surface area contributed by atoms with Crippen LogP contribution in [0.15, 0.2) is 30.3 Å². The summed E-state index contributed by atoms with van der Waals surface area (Å²) in [4.78, 5) is 25.2. The summed E-state index contributed by atoms with van der Waals surface area (Å²) in [5.74, 6) is 0.637. The first-order valence-electron chi connectivity index (χ1n) is 8.97. The zero-order valence-corrected chi connectivity index (χ0v) is 14.1. The SMILES string of the molecule is O=C(CCCN1CCOC1=O)N[C@H]1CCC[C@H]1Cc1ccccc1. The number of amides is 2. The molecular formula is C19H26N2O3. The minimum absolute atomic E-state index is 0.104. The number of benzene rings is 1. The molecule has 0 radical (unpaired) electrons. The fraction of sp³-hybridized carbons (Fsp3) is 0.579. The van der Waals surface area contributed by atoms with E-state index in [4.69, 9.17) is 4.74 Å². The molecule has 1 saturated carbocycles. The first kappa shape index (κ1) is 16.8. The van der Waals surface area contributed by atoms with Crippen LogP contribution in [0, 0.1) is 5.92 Å². The van der Waals surface area contributed by atoms with Crippen molar-refractivity contribution in [1.29, 1.82) is 0 Å². The molecule has 0 aromatic heterocycles. The normalized spacial score (nSPS) is 23.3. The largest absolute Gasteiger partial charge is 0.448 e. The van der Waals surface area contributed by atoms with E-state index >= 15 is 0 Å². The summed E-state index contributed by atoms with van der Waals surface area (Å²) in [5, 5.41) is 3.21. The predicted octanol–water partition coefficient (Wildman–Crippen LogP) is 2.75. The topological polar surface area (TPSA) is 58.6 Å². The Morgan fingerprint density at radius 3 is 2.83 bits per heavy atom. The Morgan fingerprint density at radius 1 is 1.25 bits per heavy atom. The van der Waals surface area contributed by atoms with Gasteiger partial charge in [-0.2, -0.15) is 0 Å². The minimum Gasteiger partial charge on any atom is -0.448 e. The maximum Gasteiger partial charge on any atom is 0.409 e. The Morgan fingerprint density at radius 2 is 2.08 bits per heavy atom. The van der Waals surface area contributed by atoms with Gasteiger partial charge in [-0.05, 0) is 37.2 Å². The molecule has 2 aliphatic rings. The van der Waals surface area contributed by atoms with Gasteiger partial charge in [0, 0.05) is 19.0 Å². The van der Waals surface area contributed by atoms with Crippen LogP contribution >= 0.6 is 0 Å². The number of cyclic esters (lactones) is 1. The highest BCUT2D eigenvalue weighted by molar-refractivity contribution is 5.76. The van der Waals surface area contributed by atoms with Crippen molar-refractivity contribution in [3.05, 3.63) is 35.9 Å². The van der Waals surface area contributed by atoms with Crippen molar-refractivity contribution in [2.75, 3.05) is 19.7 Å². The third-order valence-electron chi connectivity index (χ3n) is 5.02. The van der Waals surface area contributed by atoms with Crippen molar-refractivity contribution >= 4 is 12.0 Å². The summed E-state index contributed by atoms with van der Waals surface area (Å²) in [6.45, 7) is 1.71. The molecule has 0 bridgehead atoms. The van der Waals surface area contributed by atoms with Crippen molar-refractivity contribution in [3.63, 3.8) is 0 Å². The molecule has 5 nitrogen and oxygen atoms in total. The first-order valence-corrected chi connectivity index (χ1v) is 8.97. The van der Waals surface area contributed by atoms with Crippen LogP contribution in [0.2, 0.25) is 0 Å². The van der Waals surface area contributed by atoms with E-state index in [-0.39, 0.29) is 18.0 Å². The molecule has 1 aromatic rings. The van der Waals surface area contributed by atoms with Gasteiger partial charge in [0.25, 0.3) is 0 Å². The zero-order valence-electron chi connectivity index (χ0n) is 14.1. The summed E-state index contributed by atoms with van der Waals surface area (Å²) < 4.78 is 4.89. The average molecular weight is 330 g/mol. The van der Waals surface area contributed by atoms with Gasteiger partial charge >= 0.3 is 6.09 Å². The molecule has 1 aliphatic heterocycles. The van der Waals surface area contributed by atoms with Crippen LogP contribution in [0.4, 0.5) is 4.79 Å². The van der Waals surface area contributed by atoms with E-state index in [1.165, 1.54) is 18.4 Å². The van der Waals surface area contributed by atoms with E-state index in [9.17, 15) is 9.59 Å². The van der Waals surface area contributed by atoms with E-state index in [2.05, 4.69) is 29.6 Å². The number of carbonyl (C=O) groups is 2. The summed E-state index contributed by atoms with van der Waals surface area (Å²) in [6, 6.07) is 10.8. The van der Waals surface area contributed by atoms with E-state index in [1.54, 1.807) is 4.90 Å². The second kappa shape index (κ2) is 8.18. The van der Waals surface area contributed by atoms with Gasteiger partial charge in [0.15, 0.2) is 0 Å². The second-order valence-corrected chi connectivity index (χ2v) is 6.76. The Hall–Kier alpha value is -2.04. The Labute approximate surface area is 143 Å². The van der Waals surface area contributed by atoms with Crippen molar-refractivity contribution in [2.24, 2.45) is 5.92 Å². The molecule has 24 heavy (non-hydrogen) atoms. The molecule has 1 heterocycles. The van der Waals surface area contributed by atoms with Crippen LogP contribution in [0.3, 0.4) is 0 Å². The summed E-state index contributed by atoms with van der Waals surface area (Å²) in [6.07, 6.45) is 5.37. The predicted molar refractivity (Wildman–Crippen MR) is 91.6 cm³/mol. The van der Waals surface area contributed by atoms with Crippen molar-refractivity contribution < 1.29 is 14.3 Å². The smallest absolute Gasteiger partial charge is 0.409 e. The quantitative estimate of drug-likeness (QED) is 0.836. The highest BCUT2D eigenvalue weighted by Crippen LogP contribution is 2.29. The number of nitrogens with one attached hydrogen (secondary N) is 1. The lowest BCUT2D eigenvalue weighted by atomic mass is 9.94. The molecular weight excluding hydrogens is 304 g/mol. The van der Waals surface area contributed by atoms with E-state index < -0.39 is 0 Å². The first-order chi connectivity index (χ1) is 11.7.